The molecule has 0 radical (unpaired) electrons. The number of hydrogen-bond donors (Lipinski definition) is 0. The minimum atomic E-state index is -3.41. The molecule has 1 amide bonds. The Kier molecular flexibility index (Phi) is 7.16. The van der Waals surface area contributed by atoms with Crippen LogP contribution in [-0.2, 0) is 20.6 Å². The lowest BCUT2D eigenvalue weighted by molar-refractivity contribution is -0.129. The monoisotopic (exact) mass is 485 g/mol. The van der Waals surface area contributed by atoms with Gasteiger partial charge in [0.1, 0.15) is 5.82 Å². The van der Waals surface area contributed by atoms with Gasteiger partial charge in [-0.2, -0.15) is 4.31 Å². The second-order valence-electron chi connectivity index (χ2n) is 8.01. The summed E-state index contributed by atoms with van der Waals surface area (Å²) in [6, 6.07) is 17.2. The van der Waals surface area contributed by atoms with E-state index in [0.29, 0.717) is 31.3 Å². The van der Waals surface area contributed by atoms with E-state index in [0.717, 1.165) is 22.6 Å². The topological polar surface area (TPSA) is 88.4 Å². The number of aryl methyl sites for hydroxylation is 2. The lowest BCUT2D eigenvalue weighted by atomic mass is 10.2. The van der Waals surface area contributed by atoms with Crippen molar-refractivity contribution >= 4 is 27.7 Å². The van der Waals surface area contributed by atoms with Crippen LogP contribution in [0.15, 0.2) is 59.8 Å². The van der Waals surface area contributed by atoms with Gasteiger partial charge in [0.05, 0.1) is 11.5 Å². The van der Waals surface area contributed by atoms with Crippen molar-refractivity contribution in [2.75, 3.05) is 31.9 Å². The number of thioether (sulfide) groups is 1. The molecule has 0 saturated carbocycles. The van der Waals surface area contributed by atoms with Crippen LogP contribution in [0, 0.1) is 13.8 Å². The van der Waals surface area contributed by atoms with Gasteiger partial charge in [-0.05, 0) is 37.1 Å². The first-order valence-corrected chi connectivity index (χ1v) is 13.3. The number of nitrogens with zero attached hydrogens (tertiary/aromatic N) is 5. The Morgan fingerprint density at radius 3 is 2.39 bits per heavy atom. The van der Waals surface area contributed by atoms with Gasteiger partial charge in [-0.3, -0.25) is 9.36 Å². The lowest BCUT2D eigenvalue weighted by Gasteiger charge is -2.34. The maximum absolute atomic E-state index is 12.8. The number of piperazine rings is 1. The molecular weight excluding hydrogens is 458 g/mol. The fourth-order valence-electron chi connectivity index (χ4n) is 3.81. The van der Waals surface area contributed by atoms with Gasteiger partial charge in [0.2, 0.25) is 15.9 Å². The molecule has 174 valence electrons. The number of amides is 1. The second-order valence-corrected chi connectivity index (χ2v) is 10.9. The zero-order chi connectivity index (χ0) is 23.4. The van der Waals surface area contributed by atoms with Crippen LogP contribution in [0.25, 0.3) is 5.69 Å². The van der Waals surface area contributed by atoms with E-state index >= 15 is 0 Å². The van der Waals surface area contributed by atoms with Gasteiger partial charge in [-0.15, -0.1) is 10.2 Å². The Morgan fingerprint density at radius 2 is 1.70 bits per heavy atom. The van der Waals surface area contributed by atoms with Gasteiger partial charge in [0, 0.05) is 31.9 Å². The number of benzene rings is 2. The van der Waals surface area contributed by atoms with Crippen molar-refractivity contribution in [1.82, 2.24) is 24.0 Å². The van der Waals surface area contributed by atoms with Gasteiger partial charge in [-0.25, -0.2) is 8.42 Å². The number of aromatic nitrogens is 3. The summed E-state index contributed by atoms with van der Waals surface area (Å²) in [7, 11) is -3.41. The molecule has 0 unspecified atom stereocenters. The molecule has 1 saturated heterocycles. The fraction of sp³-hybridized carbons (Fsp3) is 0.348. The molecule has 4 rings (SSSR count). The highest BCUT2D eigenvalue weighted by molar-refractivity contribution is 7.99. The van der Waals surface area contributed by atoms with Crippen LogP contribution in [0.1, 0.15) is 17.0 Å². The molecule has 8 nitrogen and oxygen atoms in total. The quantitative estimate of drug-likeness (QED) is 0.478. The second kappa shape index (κ2) is 10.1. The molecule has 1 aliphatic rings. The van der Waals surface area contributed by atoms with Crippen molar-refractivity contribution < 1.29 is 13.2 Å². The van der Waals surface area contributed by atoms with E-state index in [-0.39, 0.29) is 17.4 Å². The summed E-state index contributed by atoms with van der Waals surface area (Å²) < 4.78 is 28.9. The molecule has 3 aromatic rings. The molecular formula is C23H27N5O3S2. The molecule has 1 fully saturated rings. The Morgan fingerprint density at radius 1 is 0.970 bits per heavy atom. The largest absolute Gasteiger partial charge is 0.339 e. The Hall–Kier alpha value is -2.69. The smallest absolute Gasteiger partial charge is 0.233 e. The molecule has 0 atom stereocenters. The van der Waals surface area contributed by atoms with E-state index in [9.17, 15) is 13.2 Å². The summed E-state index contributed by atoms with van der Waals surface area (Å²) in [5, 5.41) is 9.08. The summed E-state index contributed by atoms with van der Waals surface area (Å²) in [5.74, 6) is 0.927. The molecule has 0 spiro atoms. The van der Waals surface area contributed by atoms with E-state index in [1.165, 1.54) is 16.1 Å². The van der Waals surface area contributed by atoms with Gasteiger partial charge < -0.3 is 4.90 Å². The fourth-order valence-corrected chi connectivity index (χ4v) is 6.23. The highest BCUT2D eigenvalue weighted by Gasteiger charge is 2.29. The average molecular weight is 486 g/mol. The van der Waals surface area contributed by atoms with Gasteiger partial charge in [0.15, 0.2) is 5.16 Å². The number of sulfonamides is 1. The maximum Gasteiger partial charge on any atom is 0.233 e. The van der Waals surface area contributed by atoms with Crippen molar-refractivity contribution in [3.8, 4) is 5.69 Å². The van der Waals surface area contributed by atoms with Crippen LogP contribution in [0.3, 0.4) is 0 Å². The SMILES string of the molecule is Cc1cccc(-n2c(C)nnc2SCC(=O)N2CCN(S(=O)(=O)Cc3ccccc3)CC2)c1. The molecule has 1 aliphatic heterocycles. The van der Waals surface area contributed by atoms with Crippen LogP contribution in [0.5, 0.6) is 0 Å². The summed E-state index contributed by atoms with van der Waals surface area (Å²) in [4.78, 5) is 14.5. The van der Waals surface area contributed by atoms with Crippen LogP contribution in [0.2, 0.25) is 0 Å². The molecule has 0 aliphatic carbocycles. The van der Waals surface area contributed by atoms with Crippen LogP contribution >= 0.6 is 11.8 Å². The number of carbonyl (C=O) groups excluding carboxylic acids is 1. The normalized spacial score (nSPS) is 15.0. The highest BCUT2D eigenvalue weighted by atomic mass is 32.2. The number of hydrogen-bond acceptors (Lipinski definition) is 6. The van der Waals surface area contributed by atoms with Crippen LogP contribution < -0.4 is 0 Å². The number of rotatable bonds is 7. The van der Waals surface area contributed by atoms with Crippen LogP contribution in [-0.4, -0.2) is 70.2 Å². The predicted molar refractivity (Wildman–Crippen MR) is 129 cm³/mol. The third kappa shape index (κ3) is 5.63. The van der Waals surface area contributed by atoms with E-state index in [2.05, 4.69) is 16.3 Å². The van der Waals surface area contributed by atoms with E-state index in [1.807, 2.05) is 66.9 Å². The van der Waals surface area contributed by atoms with Crippen LogP contribution in [0.4, 0.5) is 0 Å². The van der Waals surface area contributed by atoms with E-state index < -0.39 is 10.0 Å². The van der Waals surface area contributed by atoms with E-state index in [4.69, 9.17) is 0 Å². The Bertz CT molecular complexity index is 1220. The number of carbonyl (C=O) groups is 1. The van der Waals surface area contributed by atoms with Gasteiger partial charge in [-0.1, -0.05) is 54.2 Å². The molecule has 10 heteroatoms. The summed E-state index contributed by atoms with van der Waals surface area (Å²) >= 11 is 1.34. The molecule has 33 heavy (non-hydrogen) atoms. The first-order valence-electron chi connectivity index (χ1n) is 10.7. The minimum Gasteiger partial charge on any atom is -0.339 e. The molecule has 2 heterocycles. The molecule has 0 bridgehead atoms. The van der Waals surface area contributed by atoms with Crippen molar-refractivity contribution in [3.05, 3.63) is 71.5 Å². The van der Waals surface area contributed by atoms with Gasteiger partial charge >= 0.3 is 0 Å². The van der Waals surface area contributed by atoms with E-state index in [1.54, 1.807) is 4.90 Å². The molecule has 0 N–H and O–H groups in total. The summed E-state index contributed by atoms with van der Waals surface area (Å²) in [6.45, 7) is 5.30. The summed E-state index contributed by atoms with van der Waals surface area (Å²) in [5.41, 5.74) is 2.86. The Balaban J connectivity index is 1.33. The van der Waals surface area contributed by atoms with Gasteiger partial charge in [0.25, 0.3) is 0 Å². The highest BCUT2D eigenvalue weighted by Crippen LogP contribution is 2.23. The Labute approximate surface area is 198 Å². The minimum absolute atomic E-state index is 0.0222. The maximum atomic E-state index is 12.8. The van der Waals surface area contributed by atoms with Crippen molar-refractivity contribution in [2.45, 2.75) is 24.8 Å². The zero-order valence-electron chi connectivity index (χ0n) is 18.7. The summed E-state index contributed by atoms with van der Waals surface area (Å²) in [6.07, 6.45) is 0. The lowest BCUT2D eigenvalue weighted by Crippen LogP contribution is -2.51. The molecule has 2 aromatic carbocycles. The predicted octanol–water partition coefficient (Wildman–Crippen LogP) is 2.65. The molecule has 1 aromatic heterocycles. The first-order chi connectivity index (χ1) is 15.8. The average Bonchev–Trinajstić information content (AvgIpc) is 3.18. The van der Waals surface area contributed by atoms with Crippen molar-refractivity contribution in [2.24, 2.45) is 0 Å². The third-order valence-electron chi connectivity index (χ3n) is 5.56. The van der Waals surface area contributed by atoms with Crippen molar-refractivity contribution in [1.29, 1.82) is 0 Å². The first kappa shape index (κ1) is 23.5. The third-order valence-corrected chi connectivity index (χ3v) is 8.32. The standard InChI is InChI=1S/C23H27N5O3S2/c1-18-7-6-10-21(15-18)28-19(2)24-25-23(28)32-16-22(29)26-11-13-27(14-12-26)33(30,31)17-20-8-4-3-5-9-20/h3-10,15H,11-14,16-17H2,1-2H3. The zero-order valence-corrected chi connectivity index (χ0v) is 20.3. The van der Waals surface area contributed by atoms with Crippen molar-refractivity contribution in [3.63, 3.8) is 0 Å².